The van der Waals surface area contributed by atoms with Gasteiger partial charge in [0.2, 0.25) is 6.41 Å². The first-order valence-corrected chi connectivity index (χ1v) is 5.04. The first-order valence-electron chi connectivity index (χ1n) is 5.04. The molecule has 0 radical (unpaired) electrons. The second-order valence-corrected chi connectivity index (χ2v) is 4.30. The van der Waals surface area contributed by atoms with Crippen molar-refractivity contribution in [1.29, 1.82) is 0 Å². The molecule has 2 fully saturated rings. The van der Waals surface area contributed by atoms with Crippen LogP contribution in [-0.2, 0) is 14.3 Å². The topological polar surface area (TPSA) is 46.6 Å². The van der Waals surface area contributed by atoms with Crippen molar-refractivity contribution in [1.82, 2.24) is 4.90 Å². The number of hydrogen-bond donors (Lipinski definition) is 0. The first-order chi connectivity index (χ1) is 6.79. The first kappa shape index (κ1) is 9.65. The lowest BCUT2D eigenvalue weighted by Crippen LogP contribution is -2.33. The van der Waals surface area contributed by atoms with E-state index in [0.29, 0.717) is 0 Å². The summed E-state index contributed by atoms with van der Waals surface area (Å²) in [7, 11) is 0. The van der Waals surface area contributed by atoms with E-state index in [1.807, 2.05) is 0 Å². The molecule has 1 atom stereocenters. The Morgan fingerprint density at radius 1 is 1.29 bits per heavy atom. The van der Waals surface area contributed by atoms with Crippen LogP contribution in [0, 0.1) is 5.41 Å². The third-order valence-corrected chi connectivity index (χ3v) is 3.43. The number of carbonyl (C=O) groups excluding carboxylic acids is 2. The zero-order valence-electron chi connectivity index (χ0n) is 8.15. The average molecular weight is 197 g/mol. The fourth-order valence-corrected chi connectivity index (χ4v) is 2.54. The summed E-state index contributed by atoms with van der Waals surface area (Å²) in [5.74, 6) is 0. The number of nitrogens with zero attached hydrogens (tertiary/aromatic N) is 1. The van der Waals surface area contributed by atoms with E-state index in [2.05, 4.69) is 0 Å². The number of aldehydes is 1. The van der Waals surface area contributed by atoms with Gasteiger partial charge in [-0.15, -0.1) is 0 Å². The fraction of sp³-hybridized carbons (Fsp3) is 0.800. The largest absolute Gasteiger partial charge is 0.381 e. The number of hydrogen-bond acceptors (Lipinski definition) is 3. The summed E-state index contributed by atoms with van der Waals surface area (Å²) in [5, 5.41) is 0. The highest BCUT2D eigenvalue weighted by molar-refractivity contribution is 5.65. The number of rotatable bonds is 2. The third kappa shape index (κ3) is 1.54. The molecule has 1 spiro atoms. The molecule has 2 saturated heterocycles. The van der Waals surface area contributed by atoms with Gasteiger partial charge in [-0.05, 0) is 24.7 Å². The molecule has 0 aromatic carbocycles. The van der Waals surface area contributed by atoms with E-state index in [-0.39, 0.29) is 11.5 Å². The van der Waals surface area contributed by atoms with Crippen LogP contribution in [-0.4, -0.2) is 43.4 Å². The normalized spacial score (nSPS) is 30.6. The smallest absolute Gasteiger partial charge is 0.210 e. The summed E-state index contributed by atoms with van der Waals surface area (Å²) in [4.78, 5) is 23.1. The molecule has 4 heteroatoms. The minimum Gasteiger partial charge on any atom is -0.381 e. The Morgan fingerprint density at radius 3 is 2.50 bits per heavy atom. The van der Waals surface area contributed by atoms with Gasteiger partial charge in [-0.1, -0.05) is 0 Å². The Morgan fingerprint density at radius 2 is 2.00 bits per heavy atom. The molecule has 4 nitrogen and oxygen atoms in total. The molecule has 0 aromatic rings. The van der Waals surface area contributed by atoms with Gasteiger partial charge in [-0.3, -0.25) is 4.79 Å². The second kappa shape index (κ2) is 3.69. The van der Waals surface area contributed by atoms with Gasteiger partial charge in [0.15, 0.2) is 0 Å². The molecule has 0 unspecified atom stereocenters. The Kier molecular flexibility index (Phi) is 2.54. The van der Waals surface area contributed by atoms with Gasteiger partial charge in [0.1, 0.15) is 6.29 Å². The van der Waals surface area contributed by atoms with Crippen molar-refractivity contribution < 1.29 is 14.3 Å². The molecule has 2 aliphatic heterocycles. The van der Waals surface area contributed by atoms with Crippen LogP contribution >= 0.6 is 0 Å². The standard InChI is InChI=1S/C10H15NO3/c12-6-9-5-10(7-11(9)8-13)1-3-14-4-2-10/h6,8-9H,1-5,7H2/t9-/m0/s1. The lowest BCUT2D eigenvalue weighted by molar-refractivity contribution is -0.123. The lowest BCUT2D eigenvalue weighted by Gasteiger charge is -2.32. The molecule has 0 N–H and O–H groups in total. The van der Waals surface area contributed by atoms with Gasteiger partial charge in [-0.2, -0.15) is 0 Å². The van der Waals surface area contributed by atoms with Crippen LogP contribution in [0.25, 0.3) is 0 Å². The highest BCUT2D eigenvalue weighted by Gasteiger charge is 2.44. The number of carbonyl (C=O) groups is 2. The average Bonchev–Trinajstić information content (AvgIpc) is 2.57. The van der Waals surface area contributed by atoms with Crippen molar-refractivity contribution in [3.8, 4) is 0 Å². The molecule has 0 aromatic heterocycles. The Bertz CT molecular complexity index is 218. The van der Waals surface area contributed by atoms with Crippen LogP contribution in [0.3, 0.4) is 0 Å². The monoisotopic (exact) mass is 197 g/mol. The van der Waals surface area contributed by atoms with Crippen LogP contribution in [0.1, 0.15) is 19.3 Å². The molecular formula is C10H15NO3. The van der Waals surface area contributed by atoms with Gasteiger partial charge >= 0.3 is 0 Å². The van der Waals surface area contributed by atoms with Crippen molar-refractivity contribution in [2.24, 2.45) is 5.41 Å². The SMILES string of the molecule is O=C[C@@H]1CC2(CCOCC2)CN1C=O. The van der Waals surface area contributed by atoms with Crippen molar-refractivity contribution in [3.63, 3.8) is 0 Å². The molecular weight excluding hydrogens is 182 g/mol. The molecule has 0 bridgehead atoms. The van der Waals surface area contributed by atoms with Crippen LogP contribution < -0.4 is 0 Å². The van der Waals surface area contributed by atoms with Crippen molar-refractivity contribution in [3.05, 3.63) is 0 Å². The Balaban J connectivity index is 2.08. The summed E-state index contributed by atoms with van der Waals surface area (Å²) in [6, 6.07) is -0.203. The van der Waals surface area contributed by atoms with Crippen LogP contribution in [0.4, 0.5) is 0 Å². The van der Waals surface area contributed by atoms with Gasteiger partial charge in [0.05, 0.1) is 6.04 Å². The zero-order chi connectivity index (χ0) is 10.0. The van der Waals surface area contributed by atoms with Gasteiger partial charge in [-0.25, -0.2) is 0 Å². The summed E-state index contributed by atoms with van der Waals surface area (Å²) in [6.07, 6.45) is 4.45. The van der Waals surface area contributed by atoms with Crippen molar-refractivity contribution >= 4 is 12.7 Å². The molecule has 0 saturated carbocycles. The minimum absolute atomic E-state index is 0.157. The third-order valence-electron chi connectivity index (χ3n) is 3.43. The zero-order valence-corrected chi connectivity index (χ0v) is 8.15. The maximum absolute atomic E-state index is 10.8. The number of amides is 1. The molecule has 2 heterocycles. The fourth-order valence-electron chi connectivity index (χ4n) is 2.54. The second-order valence-electron chi connectivity index (χ2n) is 4.30. The number of likely N-dealkylation sites (tertiary alicyclic amines) is 1. The van der Waals surface area contributed by atoms with E-state index in [9.17, 15) is 9.59 Å². The van der Waals surface area contributed by atoms with E-state index in [4.69, 9.17) is 4.74 Å². The summed E-state index contributed by atoms with van der Waals surface area (Å²) >= 11 is 0. The maximum Gasteiger partial charge on any atom is 0.210 e. The summed E-state index contributed by atoms with van der Waals surface area (Å²) in [6.45, 7) is 2.25. The minimum atomic E-state index is -0.203. The van der Waals surface area contributed by atoms with E-state index in [1.54, 1.807) is 4.90 Å². The highest BCUT2D eigenvalue weighted by atomic mass is 16.5. The van der Waals surface area contributed by atoms with Crippen molar-refractivity contribution in [2.45, 2.75) is 25.3 Å². The predicted octanol–water partition coefficient (Wildman–Crippen LogP) is 0.213. The van der Waals surface area contributed by atoms with Crippen molar-refractivity contribution in [2.75, 3.05) is 19.8 Å². The van der Waals surface area contributed by atoms with E-state index >= 15 is 0 Å². The van der Waals surface area contributed by atoms with Crippen LogP contribution in [0.2, 0.25) is 0 Å². The van der Waals surface area contributed by atoms with Gasteiger partial charge < -0.3 is 14.4 Å². The Labute approximate surface area is 83.2 Å². The molecule has 1 amide bonds. The predicted molar refractivity (Wildman–Crippen MR) is 49.7 cm³/mol. The van der Waals surface area contributed by atoms with Crippen LogP contribution in [0.5, 0.6) is 0 Å². The summed E-state index contributed by atoms with van der Waals surface area (Å²) < 4.78 is 5.30. The Hall–Kier alpha value is -0.900. The van der Waals surface area contributed by atoms with Gasteiger partial charge in [0.25, 0.3) is 0 Å². The quantitative estimate of drug-likeness (QED) is 0.595. The van der Waals surface area contributed by atoms with Gasteiger partial charge in [0, 0.05) is 19.8 Å². The molecule has 2 aliphatic rings. The maximum atomic E-state index is 10.8. The van der Waals surface area contributed by atoms with Crippen LogP contribution in [0.15, 0.2) is 0 Å². The molecule has 0 aliphatic carbocycles. The highest BCUT2D eigenvalue weighted by Crippen LogP contribution is 2.41. The van der Waals surface area contributed by atoms with E-state index < -0.39 is 0 Å². The van der Waals surface area contributed by atoms with E-state index in [0.717, 1.165) is 51.7 Å². The number of ether oxygens (including phenoxy) is 1. The molecule has 14 heavy (non-hydrogen) atoms. The lowest BCUT2D eigenvalue weighted by atomic mass is 9.78. The molecule has 78 valence electrons. The van der Waals surface area contributed by atoms with E-state index in [1.165, 1.54) is 0 Å². The molecule has 2 rings (SSSR count). The summed E-state index contributed by atoms with van der Waals surface area (Å²) in [5.41, 5.74) is 0.157.